The molecule has 0 aromatic heterocycles. The van der Waals surface area contributed by atoms with Crippen molar-refractivity contribution < 1.29 is 19.1 Å². The zero-order valence-electron chi connectivity index (χ0n) is 14.9. The van der Waals surface area contributed by atoms with Crippen molar-refractivity contribution >= 4 is 46.5 Å². The largest absolute Gasteiger partial charge is 0.453 e. The van der Waals surface area contributed by atoms with Crippen LogP contribution in [0.25, 0.3) is 0 Å². The van der Waals surface area contributed by atoms with E-state index in [0.717, 1.165) is 5.56 Å². The smallest absolute Gasteiger partial charge is 0.307 e. The lowest BCUT2D eigenvalue weighted by Crippen LogP contribution is -2.30. The molecule has 1 unspecified atom stereocenters. The fourth-order valence-electron chi connectivity index (χ4n) is 2.27. The predicted molar refractivity (Wildman–Crippen MR) is 105 cm³/mol. The van der Waals surface area contributed by atoms with Crippen molar-refractivity contribution in [1.29, 1.82) is 0 Å². The van der Waals surface area contributed by atoms with Gasteiger partial charge in [-0.2, -0.15) is 0 Å². The quantitative estimate of drug-likeness (QED) is 0.526. The van der Waals surface area contributed by atoms with Gasteiger partial charge in [-0.15, -0.1) is 0 Å². The third kappa shape index (κ3) is 6.38. The van der Waals surface area contributed by atoms with Crippen molar-refractivity contribution in [3.63, 3.8) is 0 Å². The van der Waals surface area contributed by atoms with Crippen molar-refractivity contribution in [1.82, 2.24) is 0 Å². The van der Waals surface area contributed by atoms with Crippen molar-refractivity contribution in [3.8, 4) is 0 Å². The first-order valence-electron chi connectivity index (χ1n) is 8.31. The fraction of sp³-hybridized carbons (Fsp3) is 0.250. The summed E-state index contributed by atoms with van der Waals surface area (Å²) >= 11 is 11.7. The number of halogens is 2. The average molecular weight is 408 g/mol. The normalized spacial score (nSPS) is 11.6. The Kier molecular flexibility index (Phi) is 7.39. The Balaban J connectivity index is 1.83. The summed E-state index contributed by atoms with van der Waals surface area (Å²) in [5.74, 6) is -1.30. The second-order valence-corrected chi connectivity index (χ2v) is 6.88. The lowest BCUT2D eigenvalue weighted by Gasteiger charge is -2.15. The molecule has 1 amide bonds. The van der Waals surface area contributed by atoms with E-state index in [1.165, 1.54) is 6.92 Å². The molecule has 0 aliphatic rings. The minimum absolute atomic E-state index is 0.0117. The first kappa shape index (κ1) is 20.9. The molecule has 0 heterocycles. The number of amides is 1. The molecule has 1 atom stereocenters. The molecule has 0 aliphatic heterocycles. The van der Waals surface area contributed by atoms with Crippen LogP contribution in [0, 0.1) is 6.92 Å². The second-order valence-electron chi connectivity index (χ2n) is 6.01. The van der Waals surface area contributed by atoms with Crippen LogP contribution < -0.4 is 5.32 Å². The Bertz CT molecular complexity index is 850. The lowest BCUT2D eigenvalue weighted by molar-refractivity contribution is -0.153. The van der Waals surface area contributed by atoms with Crippen LogP contribution in [0.5, 0.6) is 0 Å². The Labute approximate surface area is 167 Å². The standard InChI is InChI=1S/C20H19Cl2NO4/c1-12-3-6-16(22)11-17(12)23-20(26)13(2)27-19(25)10-9-18(24)14-4-7-15(21)8-5-14/h3-8,11,13H,9-10H2,1-2H3,(H,23,26). The molecule has 2 rings (SSSR count). The highest BCUT2D eigenvalue weighted by Crippen LogP contribution is 2.20. The van der Waals surface area contributed by atoms with Gasteiger partial charge in [0.15, 0.2) is 11.9 Å². The Morgan fingerprint density at radius 3 is 2.30 bits per heavy atom. The van der Waals surface area contributed by atoms with Gasteiger partial charge in [0.2, 0.25) is 0 Å². The van der Waals surface area contributed by atoms with E-state index in [1.807, 2.05) is 6.92 Å². The maximum Gasteiger partial charge on any atom is 0.307 e. The topological polar surface area (TPSA) is 72.5 Å². The number of ether oxygens (including phenoxy) is 1. The number of nitrogens with one attached hydrogen (secondary N) is 1. The van der Waals surface area contributed by atoms with Gasteiger partial charge < -0.3 is 10.1 Å². The molecule has 0 bridgehead atoms. The minimum atomic E-state index is -0.999. The number of aryl methyl sites for hydroxylation is 1. The summed E-state index contributed by atoms with van der Waals surface area (Å²) in [5.41, 5.74) is 1.85. The van der Waals surface area contributed by atoms with Crippen LogP contribution in [0.4, 0.5) is 5.69 Å². The highest BCUT2D eigenvalue weighted by atomic mass is 35.5. The predicted octanol–water partition coefficient (Wildman–Crippen LogP) is 4.84. The molecule has 0 radical (unpaired) electrons. The number of hydrogen-bond acceptors (Lipinski definition) is 4. The highest BCUT2D eigenvalue weighted by molar-refractivity contribution is 6.31. The number of anilines is 1. The van der Waals surface area contributed by atoms with Gasteiger partial charge >= 0.3 is 5.97 Å². The van der Waals surface area contributed by atoms with Crippen LogP contribution in [-0.2, 0) is 14.3 Å². The van der Waals surface area contributed by atoms with Gasteiger partial charge in [0.25, 0.3) is 5.91 Å². The summed E-state index contributed by atoms with van der Waals surface area (Å²) in [5, 5.41) is 3.69. The lowest BCUT2D eigenvalue weighted by atomic mass is 10.1. The van der Waals surface area contributed by atoms with E-state index in [-0.39, 0.29) is 18.6 Å². The second kappa shape index (κ2) is 9.53. The number of carbonyl (C=O) groups excluding carboxylic acids is 3. The van der Waals surface area contributed by atoms with Gasteiger partial charge in [0, 0.05) is 27.7 Å². The van der Waals surface area contributed by atoms with E-state index >= 15 is 0 Å². The van der Waals surface area contributed by atoms with Gasteiger partial charge in [-0.25, -0.2) is 0 Å². The van der Waals surface area contributed by atoms with Crippen molar-refractivity contribution in [2.24, 2.45) is 0 Å². The molecule has 7 heteroatoms. The maximum atomic E-state index is 12.2. The number of carbonyl (C=O) groups is 3. The summed E-state index contributed by atoms with van der Waals surface area (Å²) in [7, 11) is 0. The number of Topliss-reactive ketones (excluding diaryl/α,β-unsaturated/α-hetero) is 1. The monoisotopic (exact) mass is 407 g/mol. The number of rotatable bonds is 7. The fourth-order valence-corrected chi connectivity index (χ4v) is 2.57. The van der Waals surface area contributed by atoms with Crippen LogP contribution in [0.15, 0.2) is 42.5 Å². The van der Waals surface area contributed by atoms with Gasteiger partial charge in [-0.05, 0) is 55.8 Å². The van der Waals surface area contributed by atoms with Crippen LogP contribution in [-0.4, -0.2) is 23.8 Å². The van der Waals surface area contributed by atoms with E-state index < -0.39 is 18.0 Å². The third-order valence-corrected chi connectivity index (χ3v) is 4.34. The van der Waals surface area contributed by atoms with Gasteiger partial charge in [-0.3, -0.25) is 14.4 Å². The van der Waals surface area contributed by atoms with Gasteiger partial charge in [-0.1, -0.05) is 29.3 Å². The van der Waals surface area contributed by atoms with E-state index in [0.29, 0.717) is 21.3 Å². The maximum absolute atomic E-state index is 12.2. The van der Waals surface area contributed by atoms with Crippen molar-refractivity contribution in [3.05, 3.63) is 63.6 Å². The van der Waals surface area contributed by atoms with E-state index in [9.17, 15) is 14.4 Å². The molecule has 2 aromatic carbocycles. The number of hydrogen-bond donors (Lipinski definition) is 1. The number of benzene rings is 2. The Morgan fingerprint density at radius 2 is 1.63 bits per heavy atom. The molecule has 2 aromatic rings. The van der Waals surface area contributed by atoms with Crippen LogP contribution in [0.1, 0.15) is 35.7 Å². The molecule has 0 spiro atoms. The molecule has 0 fully saturated rings. The third-order valence-electron chi connectivity index (χ3n) is 3.86. The molecule has 27 heavy (non-hydrogen) atoms. The van der Waals surface area contributed by atoms with Crippen LogP contribution >= 0.6 is 23.2 Å². The van der Waals surface area contributed by atoms with Crippen LogP contribution in [0.2, 0.25) is 10.0 Å². The highest BCUT2D eigenvalue weighted by Gasteiger charge is 2.19. The zero-order valence-corrected chi connectivity index (χ0v) is 16.4. The molecular weight excluding hydrogens is 389 g/mol. The molecular formula is C20H19Cl2NO4. The number of ketones is 1. The molecule has 142 valence electrons. The van der Waals surface area contributed by atoms with E-state index in [4.69, 9.17) is 27.9 Å². The summed E-state index contributed by atoms with van der Waals surface area (Å²) in [6.07, 6.45) is -1.13. The Morgan fingerprint density at radius 1 is 1.00 bits per heavy atom. The first-order valence-corrected chi connectivity index (χ1v) is 9.07. The summed E-state index contributed by atoms with van der Waals surface area (Å²) < 4.78 is 5.10. The van der Waals surface area contributed by atoms with E-state index in [1.54, 1.807) is 42.5 Å². The summed E-state index contributed by atoms with van der Waals surface area (Å²) in [6.45, 7) is 3.29. The molecule has 5 nitrogen and oxygen atoms in total. The van der Waals surface area contributed by atoms with Gasteiger partial charge in [0.05, 0.1) is 6.42 Å². The summed E-state index contributed by atoms with van der Waals surface area (Å²) in [4.78, 5) is 36.2. The SMILES string of the molecule is Cc1ccc(Cl)cc1NC(=O)C(C)OC(=O)CCC(=O)c1ccc(Cl)cc1. The molecule has 0 saturated carbocycles. The van der Waals surface area contributed by atoms with Crippen LogP contribution in [0.3, 0.4) is 0 Å². The number of esters is 1. The average Bonchev–Trinajstić information content (AvgIpc) is 2.63. The van der Waals surface area contributed by atoms with Crippen molar-refractivity contribution in [2.45, 2.75) is 32.8 Å². The molecule has 1 N–H and O–H groups in total. The van der Waals surface area contributed by atoms with E-state index in [2.05, 4.69) is 5.32 Å². The molecule has 0 aliphatic carbocycles. The van der Waals surface area contributed by atoms with Crippen molar-refractivity contribution in [2.75, 3.05) is 5.32 Å². The molecule has 0 saturated heterocycles. The minimum Gasteiger partial charge on any atom is -0.453 e. The zero-order chi connectivity index (χ0) is 20.0. The van der Waals surface area contributed by atoms with Gasteiger partial charge in [0.1, 0.15) is 0 Å². The summed E-state index contributed by atoms with van der Waals surface area (Å²) in [6, 6.07) is 11.5. The Hall–Kier alpha value is -2.37. The first-order chi connectivity index (χ1) is 12.8.